The predicted molar refractivity (Wildman–Crippen MR) is 119 cm³/mol. The molecular formula is C24H36N4O4. The van der Waals surface area contributed by atoms with Gasteiger partial charge in [-0.3, -0.25) is 9.59 Å². The molecule has 0 bridgehead atoms. The Labute approximate surface area is 190 Å². The maximum Gasteiger partial charge on any atom is 0.254 e. The number of aliphatic hydroxyl groups is 1. The summed E-state index contributed by atoms with van der Waals surface area (Å²) in [7, 11) is 0. The Morgan fingerprint density at radius 3 is 2.56 bits per heavy atom. The molecule has 1 aromatic rings. The van der Waals surface area contributed by atoms with Crippen LogP contribution in [0.4, 0.5) is 0 Å². The zero-order valence-corrected chi connectivity index (χ0v) is 19.4. The summed E-state index contributed by atoms with van der Waals surface area (Å²) in [5.41, 5.74) is 0.466. The summed E-state index contributed by atoms with van der Waals surface area (Å²) < 4.78 is 5.38. The van der Waals surface area contributed by atoms with Crippen molar-refractivity contribution in [1.82, 2.24) is 20.2 Å². The summed E-state index contributed by atoms with van der Waals surface area (Å²) in [6, 6.07) is -0.0283. The van der Waals surface area contributed by atoms with E-state index in [1.807, 2.05) is 11.8 Å². The van der Waals surface area contributed by atoms with E-state index < -0.39 is 6.10 Å². The van der Waals surface area contributed by atoms with E-state index >= 15 is 0 Å². The highest BCUT2D eigenvalue weighted by molar-refractivity contribution is 5.93. The number of nitrogens with one attached hydrogen (secondary N) is 1. The van der Waals surface area contributed by atoms with E-state index in [9.17, 15) is 14.7 Å². The normalized spacial score (nSPS) is 36.1. The Morgan fingerprint density at radius 2 is 1.88 bits per heavy atom. The number of fused-ring (bicyclic) bond motifs is 1. The van der Waals surface area contributed by atoms with Crippen molar-refractivity contribution in [3.8, 4) is 0 Å². The number of ether oxygens (including phenoxy) is 1. The number of carbonyl (C=O) groups is 2. The molecule has 1 unspecified atom stereocenters. The minimum Gasteiger partial charge on any atom is -0.392 e. The minimum atomic E-state index is -0.566. The van der Waals surface area contributed by atoms with Crippen LogP contribution in [-0.2, 0) is 9.53 Å². The highest BCUT2D eigenvalue weighted by Crippen LogP contribution is 2.55. The van der Waals surface area contributed by atoms with Crippen LogP contribution in [0.2, 0.25) is 0 Å². The molecule has 0 aromatic carbocycles. The summed E-state index contributed by atoms with van der Waals surface area (Å²) in [6.07, 6.45) is 7.57. The number of rotatable bonds is 4. The third-order valence-corrected chi connectivity index (χ3v) is 8.38. The SMILES string of the molecule is C[C@H]1[C@@H]2[C@@H](O)C([C@H](C)C(=O)N3CCOCC3)CC[C@@]2(C)CC[C@@H]1NC(=O)c1cncnc1. The highest BCUT2D eigenvalue weighted by atomic mass is 16.5. The Kier molecular flexibility index (Phi) is 6.81. The van der Waals surface area contributed by atoms with Crippen molar-refractivity contribution in [2.45, 2.75) is 58.6 Å². The van der Waals surface area contributed by atoms with Crippen LogP contribution in [0, 0.1) is 29.1 Å². The lowest BCUT2D eigenvalue weighted by Gasteiger charge is -2.56. The van der Waals surface area contributed by atoms with E-state index in [-0.39, 0.29) is 46.9 Å². The van der Waals surface area contributed by atoms with Gasteiger partial charge in [0.05, 0.1) is 24.9 Å². The van der Waals surface area contributed by atoms with Gasteiger partial charge >= 0.3 is 0 Å². The smallest absolute Gasteiger partial charge is 0.254 e. The topological polar surface area (TPSA) is 105 Å². The van der Waals surface area contributed by atoms with Gasteiger partial charge in [-0.15, -0.1) is 0 Å². The van der Waals surface area contributed by atoms with E-state index in [1.165, 1.54) is 18.7 Å². The van der Waals surface area contributed by atoms with Gasteiger partial charge < -0.3 is 20.1 Å². The van der Waals surface area contributed by atoms with Crippen LogP contribution in [0.15, 0.2) is 18.7 Å². The Morgan fingerprint density at radius 1 is 1.22 bits per heavy atom. The predicted octanol–water partition coefficient (Wildman–Crippen LogP) is 1.89. The van der Waals surface area contributed by atoms with Gasteiger partial charge in [0.25, 0.3) is 5.91 Å². The number of morpholine rings is 1. The fourth-order valence-electron chi connectivity index (χ4n) is 6.42. The molecule has 3 aliphatic rings. The monoisotopic (exact) mass is 444 g/mol. The van der Waals surface area contributed by atoms with Gasteiger partial charge in [-0.1, -0.05) is 20.8 Å². The molecule has 1 aliphatic heterocycles. The van der Waals surface area contributed by atoms with Crippen molar-refractivity contribution in [2.75, 3.05) is 26.3 Å². The third kappa shape index (κ3) is 4.39. The van der Waals surface area contributed by atoms with Crippen LogP contribution in [0.1, 0.15) is 56.8 Å². The molecular weight excluding hydrogens is 408 g/mol. The first-order chi connectivity index (χ1) is 15.3. The molecule has 0 spiro atoms. The molecule has 2 heterocycles. The summed E-state index contributed by atoms with van der Waals surface area (Å²) in [4.78, 5) is 35.6. The van der Waals surface area contributed by atoms with Gasteiger partial charge in [0.2, 0.25) is 5.91 Å². The molecule has 3 fully saturated rings. The van der Waals surface area contributed by atoms with Gasteiger partial charge in [-0.05, 0) is 48.9 Å². The van der Waals surface area contributed by atoms with Crippen molar-refractivity contribution >= 4 is 11.8 Å². The zero-order chi connectivity index (χ0) is 22.9. The molecule has 0 radical (unpaired) electrons. The number of hydrogen-bond acceptors (Lipinski definition) is 6. The van der Waals surface area contributed by atoms with Crippen molar-refractivity contribution in [3.05, 3.63) is 24.3 Å². The maximum atomic E-state index is 13.1. The maximum absolute atomic E-state index is 13.1. The number of aromatic nitrogens is 2. The summed E-state index contributed by atoms with van der Waals surface area (Å²) in [6.45, 7) is 8.78. The van der Waals surface area contributed by atoms with Crippen LogP contribution in [-0.4, -0.2) is 70.2 Å². The number of aliphatic hydroxyl groups excluding tert-OH is 1. The molecule has 32 heavy (non-hydrogen) atoms. The molecule has 1 aromatic heterocycles. The molecule has 7 atom stereocenters. The molecule has 2 aliphatic carbocycles. The quantitative estimate of drug-likeness (QED) is 0.735. The molecule has 8 nitrogen and oxygen atoms in total. The molecule has 2 N–H and O–H groups in total. The Balaban J connectivity index is 1.47. The van der Waals surface area contributed by atoms with Gasteiger partial charge in [0.15, 0.2) is 0 Å². The van der Waals surface area contributed by atoms with E-state index in [1.54, 1.807) is 0 Å². The molecule has 176 valence electrons. The van der Waals surface area contributed by atoms with Crippen LogP contribution in [0.25, 0.3) is 0 Å². The van der Waals surface area contributed by atoms with E-state index in [0.717, 1.165) is 25.7 Å². The minimum absolute atomic E-state index is 0.0220. The second kappa shape index (κ2) is 9.43. The standard InChI is InChI=1S/C24H36N4O4/c1-15(23(31)28-8-10-32-11-9-28)18-4-6-24(3)7-5-19(16(2)20(24)21(18)29)27-22(30)17-12-25-14-26-13-17/h12-16,18-21,29H,4-11H2,1-3H3,(H,27,30)/t15-,16+,18?,19-,20+,21-,24-/m0/s1. The first kappa shape index (κ1) is 23.1. The lowest BCUT2D eigenvalue weighted by Crippen LogP contribution is -2.59. The zero-order valence-electron chi connectivity index (χ0n) is 19.4. The molecule has 2 saturated carbocycles. The lowest BCUT2D eigenvalue weighted by molar-refractivity contribution is -0.153. The number of hydrogen-bond donors (Lipinski definition) is 2. The Bertz CT molecular complexity index is 815. The van der Waals surface area contributed by atoms with Crippen molar-refractivity contribution in [3.63, 3.8) is 0 Å². The van der Waals surface area contributed by atoms with E-state index in [0.29, 0.717) is 31.9 Å². The van der Waals surface area contributed by atoms with Crippen LogP contribution in [0.5, 0.6) is 0 Å². The number of carbonyl (C=O) groups excluding carboxylic acids is 2. The largest absolute Gasteiger partial charge is 0.392 e. The molecule has 8 heteroatoms. The number of amides is 2. The van der Waals surface area contributed by atoms with Crippen molar-refractivity contribution in [2.24, 2.45) is 29.1 Å². The van der Waals surface area contributed by atoms with Gasteiger partial charge in [0, 0.05) is 37.4 Å². The third-order valence-electron chi connectivity index (χ3n) is 8.38. The molecule has 4 rings (SSSR count). The highest BCUT2D eigenvalue weighted by Gasteiger charge is 2.54. The fourth-order valence-corrected chi connectivity index (χ4v) is 6.42. The van der Waals surface area contributed by atoms with Crippen LogP contribution < -0.4 is 5.32 Å². The van der Waals surface area contributed by atoms with Gasteiger partial charge in [-0.2, -0.15) is 0 Å². The van der Waals surface area contributed by atoms with Gasteiger partial charge in [-0.25, -0.2) is 9.97 Å². The average molecular weight is 445 g/mol. The van der Waals surface area contributed by atoms with Crippen LogP contribution in [0.3, 0.4) is 0 Å². The average Bonchev–Trinajstić information content (AvgIpc) is 2.81. The lowest BCUT2D eigenvalue weighted by atomic mass is 9.51. The van der Waals surface area contributed by atoms with Crippen molar-refractivity contribution in [1.29, 1.82) is 0 Å². The van der Waals surface area contributed by atoms with Gasteiger partial charge in [0.1, 0.15) is 6.33 Å². The molecule has 1 saturated heterocycles. The summed E-state index contributed by atoms with van der Waals surface area (Å²) in [5.74, 6) is -0.209. The fraction of sp³-hybridized carbons (Fsp3) is 0.750. The second-order valence-corrected chi connectivity index (χ2v) is 10.2. The first-order valence-corrected chi connectivity index (χ1v) is 11.9. The second-order valence-electron chi connectivity index (χ2n) is 10.2. The van der Waals surface area contributed by atoms with E-state index in [2.05, 4.69) is 29.1 Å². The van der Waals surface area contributed by atoms with E-state index in [4.69, 9.17) is 4.74 Å². The van der Waals surface area contributed by atoms with Crippen molar-refractivity contribution < 1.29 is 19.4 Å². The molecule has 2 amide bonds. The Hall–Kier alpha value is -2.06. The van der Waals surface area contributed by atoms with Crippen LogP contribution >= 0.6 is 0 Å². The first-order valence-electron chi connectivity index (χ1n) is 11.9. The summed E-state index contributed by atoms with van der Waals surface area (Å²) in [5, 5.41) is 14.7. The summed E-state index contributed by atoms with van der Waals surface area (Å²) >= 11 is 0. The number of nitrogens with zero attached hydrogens (tertiary/aromatic N) is 3.